The number of hydrogen-bond acceptors (Lipinski definition) is 5. The van der Waals surface area contributed by atoms with Crippen LogP contribution in [-0.2, 0) is 7.05 Å². The summed E-state index contributed by atoms with van der Waals surface area (Å²) in [5.41, 5.74) is 4.62. The summed E-state index contributed by atoms with van der Waals surface area (Å²) in [6.07, 6.45) is 0.754. The lowest BCUT2D eigenvalue weighted by Gasteiger charge is -2.18. The predicted octanol–water partition coefficient (Wildman–Crippen LogP) is 4.84. The van der Waals surface area contributed by atoms with Crippen LogP contribution in [0.4, 0.5) is 0 Å². The van der Waals surface area contributed by atoms with Crippen molar-refractivity contribution < 1.29 is 14.3 Å². The standard InChI is InChI=1S/C26H28N4O3/c1-6-22(17-7-11-19(32-4)12-8-17)28-26(31)21-15-23(18-9-13-20(33-5)14-10-18)27-25-24(21)16(2)29-30(25)3/h7-15,22H,6H2,1-5H3,(H,28,31)/t22-/m1/s1. The number of methoxy groups -OCH3 is 2. The van der Waals surface area contributed by atoms with Crippen LogP contribution in [0.3, 0.4) is 0 Å². The van der Waals surface area contributed by atoms with Crippen LogP contribution in [0.5, 0.6) is 11.5 Å². The maximum atomic E-state index is 13.5. The van der Waals surface area contributed by atoms with Crippen molar-refractivity contribution in [2.75, 3.05) is 14.2 Å². The summed E-state index contributed by atoms with van der Waals surface area (Å²) in [7, 11) is 5.11. The van der Waals surface area contributed by atoms with Gasteiger partial charge in [-0.3, -0.25) is 9.48 Å². The average molecular weight is 445 g/mol. The van der Waals surface area contributed by atoms with Crippen LogP contribution in [0.2, 0.25) is 0 Å². The van der Waals surface area contributed by atoms with Crippen LogP contribution in [0.25, 0.3) is 22.3 Å². The molecule has 2 aromatic heterocycles. The minimum absolute atomic E-state index is 0.131. The van der Waals surface area contributed by atoms with Gasteiger partial charge in [-0.15, -0.1) is 0 Å². The van der Waals surface area contributed by atoms with E-state index >= 15 is 0 Å². The van der Waals surface area contributed by atoms with Gasteiger partial charge in [-0.05, 0) is 61.4 Å². The Kier molecular flexibility index (Phi) is 6.31. The molecule has 1 amide bonds. The van der Waals surface area contributed by atoms with E-state index in [0.29, 0.717) is 16.9 Å². The second kappa shape index (κ2) is 9.32. The van der Waals surface area contributed by atoms with Crippen molar-refractivity contribution in [1.29, 1.82) is 0 Å². The first-order chi connectivity index (χ1) is 15.9. The van der Waals surface area contributed by atoms with E-state index in [1.54, 1.807) is 18.9 Å². The molecule has 33 heavy (non-hydrogen) atoms. The van der Waals surface area contributed by atoms with Gasteiger partial charge in [0.05, 0.1) is 42.6 Å². The van der Waals surface area contributed by atoms with Gasteiger partial charge in [0.25, 0.3) is 5.91 Å². The maximum absolute atomic E-state index is 13.5. The quantitative estimate of drug-likeness (QED) is 0.441. The Hall–Kier alpha value is -3.87. The number of aromatic nitrogens is 3. The molecular formula is C26H28N4O3. The topological polar surface area (TPSA) is 78.3 Å². The van der Waals surface area contributed by atoms with Crippen LogP contribution >= 0.6 is 0 Å². The van der Waals surface area contributed by atoms with Crippen molar-refractivity contribution >= 4 is 16.9 Å². The number of carbonyl (C=O) groups is 1. The van der Waals surface area contributed by atoms with Crippen LogP contribution in [0.15, 0.2) is 54.6 Å². The summed E-state index contributed by atoms with van der Waals surface area (Å²) in [5.74, 6) is 1.39. The number of nitrogens with one attached hydrogen (secondary N) is 1. The van der Waals surface area contributed by atoms with Crippen LogP contribution in [0.1, 0.15) is 41.0 Å². The molecule has 0 aliphatic carbocycles. The molecule has 1 N–H and O–H groups in total. The minimum atomic E-state index is -0.157. The molecule has 0 fully saturated rings. The molecule has 0 saturated heterocycles. The Morgan fingerprint density at radius 1 is 1.03 bits per heavy atom. The molecule has 7 nitrogen and oxygen atoms in total. The molecule has 0 unspecified atom stereocenters. The number of amides is 1. The smallest absolute Gasteiger partial charge is 0.252 e. The van der Waals surface area contributed by atoms with E-state index in [4.69, 9.17) is 14.5 Å². The first-order valence-corrected chi connectivity index (χ1v) is 10.9. The molecule has 0 aliphatic heterocycles. The summed E-state index contributed by atoms with van der Waals surface area (Å²) in [6.45, 7) is 3.95. The lowest BCUT2D eigenvalue weighted by atomic mass is 10.0. The fraction of sp³-hybridized carbons (Fsp3) is 0.269. The lowest BCUT2D eigenvalue weighted by Crippen LogP contribution is -2.28. The van der Waals surface area contributed by atoms with E-state index in [9.17, 15) is 4.79 Å². The van der Waals surface area contributed by atoms with Crippen molar-refractivity contribution in [3.63, 3.8) is 0 Å². The van der Waals surface area contributed by atoms with E-state index < -0.39 is 0 Å². The van der Waals surface area contributed by atoms with Gasteiger partial charge >= 0.3 is 0 Å². The highest BCUT2D eigenvalue weighted by molar-refractivity contribution is 6.07. The van der Waals surface area contributed by atoms with Crippen molar-refractivity contribution in [3.8, 4) is 22.8 Å². The van der Waals surface area contributed by atoms with Gasteiger partial charge in [0.15, 0.2) is 5.65 Å². The van der Waals surface area contributed by atoms with Gasteiger partial charge < -0.3 is 14.8 Å². The number of ether oxygens (including phenoxy) is 2. The first-order valence-electron chi connectivity index (χ1n) is 10.9. The highest BCUT2D eigenvalue weighted by Gasteiger charge is 2.21. The Morgan fingerprint density at radius 3 is 2.21 bits per heavy atom. The number of benzene rings is 2. The molecule has 4 aromatic rings. The molecule has 0 spiro atoms. The first kappa shape index (κ1) is 22.3. The molecule has 0 radical (unpaired) electrons. The molecule has 4 rings (SSSR count). The van der Waals surface area contributed by atoms with E-state index in [1.165, 1.54) is 0 Å². The number of fused-ring (bicyclic) bond motifs is 1. The number of rotatable bonds is 7. The van der Waals surface area contributed by atoms with E-state index in [0.717, 1.165) is 40.1 Å². The van der Waals surface area contributed by atoms with Gasteiger partial charge in [0, 0.05) is 12.6 Å². The van der Waals surface area contributed by atoms with Gasteiger partial charge in [-0.25, -0.2) is 4.98 Å². The van der Waals surface area contributed by atoms with Crippen LogP contribution in [0, 0.1) is 6.92 Å². The average Bonchev–Trinajstić information content (AvgIpc) is 3.15. The molecule has 7 heteroatoms. The van der Waals surface area contributed by atoms with Crippen molar-refractivity contribution in [3.05, 3.63) is 71.4 Å². The molecule has 1 atom stereocenters. The van der Waals surface area contributed by atoms with Crippen molar-refractivity contribution in [2.24, 2.45) is 7.05 Å². The summed E-state index contributed by atoms with van der Waals surface area (Å²) in [6, 6.07) is 17.1. The summed E-state index contributed by atoms with van der Waals surface area (Å²) < 4.78 is 12.2. The third-order valence-corrected chi connectivity index (χ3v) is 5.83. The third kappa shape index (κ3) is 4.39. The predicted molar refractivity (Wildman–Crippen MR) is 129 cm³/mol. The number of nitrogens with zero attached hydrogens (tertiary/aromatic N) is 3. The Bertz CT molecular complexity index is 1280. The zero-order valence-corrected chi connectivity index (χ0v) is 19.5. The molecular weight excluding hydrogens is 416 g/mol. The zero-order chi connectivity index (χ0) is 23.5. The Morgan fingerprint density at radius 2 is 1.64 bits per heavy atom. The second-order valence-electron chi connectivity index (χ2n) is 7.90. The molecule has 0 saturated carbocycles. The normalized spacial score (nSPS) is 11.9. The SMILES string of the molecule is CC[C@@H](NC(=O)c1cc(-c2ccc(OC)cc2)nc2c1c(C)nn2C)c1ccc(OC)cc1. The van der Waals surface area contributed by atoms with E-state index in [1.807, 2.05) is 68.6 Å². The Labute approximate surface area is 193 Å². The van der Waals surface area contributed by atoms with Gasteiger partial charge in [-0.2, -0.15) is 5.10 Å². The zero-order valence-electron chi connectivity index (χ0n) is 19.5. The van der Waals surface area contributed by atoms with Gasteiger partial charge in [0.1, 0.15) is 11.5 Å². The van der Waals surface area contributed by atoms with Crippen LogP contribution in [-0.4, -0.2) is 34.9 Å². The largest absolute Gasteiger partial charge is 0.497 e. The summed E-state index contributed by atoms with van der Waals surface area (Å²) >= 11 is 0. The molecule has 2 aromatic carbocycles. The highest BCUT2D eigenvalue weighted by atomic mass is 16.5. The summed E-state index contributed by atoms with van der Waals surface area (Å²) in [4.78, 5) is 18.4. The molecule has 2 heterocycles. The third-order valence-electron chi connectivity index (χ3n) is 5.83. The van der Waals surface area contributed by atoms with Crippen molar-refractivity contribution in [1.82, 2.24) is 20.1 Å². The second-order valence-corrected chi connectivity index (χ2v) is 7.90. The molecule has 170 valence electrons. The molecule has 0 bridgehead atoms. The number of pyridine rings is 1. The van der Waals surface area contributed by atoms with E-state index in [2.05, 4.69) is 17.3 Å². The Balaban J connectivity index is 1.74. The highest BCUT2D eigenvalue weighted by Crippen LogP contribution is 2.29. The van der Waals surface area contributed by atoms with Gasteiger partial charge in [0.2, 0.25) is 0 Å². The monoisotopic (exact) mass is 444 g/mol. The van der Waals surface area contributed by atoms with Gasteiger partial charge in [-0.1, -0.05) is 19.1 Å². The van der Waals surface area contributed by atoms with Crippen LogP contribution < -0.4 is 14.8 Å². The van der Waals surface area contributed by atoms with E-state index in [-0.39, 0.29) is 11.9 Å². The minimum Gasteiger partial charge on any atom is -0.497 e. The number of aryl methyl sites for hydroxylation is 2. The fourth-order valence-electron chi connectivity index (χ4n) is 4.03. The maximum Gasteiger partial charge on any atom is 0.252 e. The number of hydrogen-bond donors (Lipinski definition) is 1. The lowest BCUT2D eigenvalue weighted by molar-refractivity contribution is 0.0937. The molecule has 0 aliphatic rings. The summed E-state index contributed by atoms with van der Waals surface area (Å²) in [5, 5.41) is 8.47. The number of carbonyl (C=O) groups excluding carboxylic acids is 1. The fourth-order valence-corrected chi connectivity index (χ4v) is 4.03. The van der Waals surface area contributed by atoms with Crippen molar-refractivity contribution in [2.45, 2.75) is 26.3 Å².